The molecule has 0 spiro atoms. The normalized spacial score (nSPS) is 18.5. The van der Waals surface area contributed by atoms with E-state index in [-0.39, 0.29) is 94.4 Å². The number of H-pyrrole nitrogens is 4. The molecule has 6 N–H and O–H groups in total. The monoisotopic (exact) mass is 1020 g/mol. The molecule has 4 aliphatic rings. The quantitative estimate of drug-likeness (QED) is 0.0894. The maximum Gasteiger partial charge on any atom is 0.261 e. The van der Waals surface area contributed by atoms with Crippen LogP contribution in [0.15, 0.2) is 76.6 Å². The number of imidazole rings is 2. The number of pyridine rings is 2. The molecule has 72 heavy (non-hydrogen) atoms. The first-order chi connectivity index (χ1) is 34.1. The number of carbonyl (C=O) groups excluding carboxylic acids is 4. The molecule has 21 heteroatoms. The molecule has 0 radical (unpaired) electrons. The number of aliphatic hydroxyl groups is 1. The van der Waals surface area contributed by atoms with Crippen LogP contribution < -0.4 is 21.2 Å². The Morgan fingerprint density at radius 2 is 1.21 bits per heavy atom. The number of aryl methyl sites for hydroxylation is 2. The largest absolute Gasteiger partial charge is 0.491 e. The fourth-order valence-corrected chi connectivity index (χ4v) is 10.3. The molecule has 0 saturated carbocycles. The molecule has 4 aromatic heterocycles. The van der Waals surface area contributed by atoms with Crippen LogP contribution in [0.5, 0.6) is 5.75 Å². The Hall–Kier alpha value is -7.16. The van der Waals surface area contributed by atoms with Crippen molar-refractivity contribution in [3.8, 4) is 28.5 Å². The van der Waals surface area contributed by atoms with Crippen molar-refractivity contribution in [2.45, 2.75) is 57.7 Å². The number of nitrogens with one attached hydrogen (secondary N) is 5. The summed E-state index contributed by atoms with van der Waals surface area (Å²) in [4.78, 5) is 105. The molecule has 8 heterocycles. The molecule has 2 saturated heterocycles. The molecule has 2 fully saturated rings. The van der Waals surface area contributed by atoms with E-state index in [0.29, 0.717) is 74.7 Å². The van der Waals surface area contributed by atoms with E-state index in [1.165, 1.54) is 22.2 Å². The number of carbonyl (C=O) groups is 4. The predicted molar refractivity (Wildman–Crippen MR) is 275 cm³/mol. The number of halogens is 2. The number of nitrogens with zero attached hydrogens (tertiary/aromatic N) is 6. The molecule has 11 rings (SSSR count). The Kier molecular flexibility index (Phi) is 13.9. The van der Waals surface area contributed by atoms with Crippen LogP contribution in [0.25, 0.3) is 44.8 Å². The van der Waals surface area contributed by atoms with Crippen molar-refractivity contribution in [3.05, 3.63) is 126 Å². The van der Waals surface area contributed by atoms with Crippen molar-refractivity contribution in [1.82, 2.24) is 49.5 Å². The number of amides is 4. The van der Waals surface area contributed by atoms with E-state index in [9.17, 15) is 33.9 Å². The van der Waals surface area contributed by atoms with Crippen LogP contribution >= 0.6 is 24.0 Å². The number of likely N-dealkylation sites (tertiary alicyclic amines) is 2. The number of anilines is 1. The number of hydrogen-bond donors (Lipinski definition) is 6. The summed E-state index contributed by atoms with van der Waals surface area (Å²) in [6.45, 7) is 7.42. The van der Waals surface area contributed by atoms with E-state index < -0.39 is 6.10 Å². The highest BCUT2D eigenvalue weighted by atomic mass is 35.5. The van der Waals surface area contributed by atoms with Gasteiger partial charge >= 0.3 is 0 Å². The average Bonchev–Trinajstić information content (AvgIpc) is 4.07. The highest BCUT2D eigenvalue weighted by Crippen LogP contribution is 2.34. The van der Waals surface area contributed by atoms with Crippen LogP contribution in [-0.4, -0.2) is 150 Å². The van der Waals surface area contributed by atoms with E-state index >= 15 is 0 Å². The molecule has 3 atom stereocenters. The molecule has 19 nitrogen and oxygen atoms in total. The van der Waals surface area contributed by atoms with Crippen LogP contribution in [0.1, 0.15) is 78.2 Å². The first-order valence-electron chi connectivity index (χ1n) is 23.6. The van der Waals surface area contributed by atoms with Crippen molar-refractivity contribution >= 4 is 75.4 Å². The summed E-state index contributed by atoms with van der Waals surface area (Å²) in [5.74, 6) is 0.109. The van der Waals surface area contributed by atoms with Gasteiger partial charge in [-0.05, 0) is 115 Å². The lowest BCUT2D eigenvalue weighted by Crippen LogP contribution is -2.49. The number of likely N-dealkylation sites (N-methyl/N-ethyl adjacent to an activating group) is 2. The van der Waals surface area contributed by atoms with Crippen LogP contribution in [0.3, 0.4) is 0 Å². The lowest BCUT2D eigenvalue weighted by atomic mass is 10.0. The third kappa shape index (κ3) is 9.41. The number of rotatable bonds is 10. The van der Waals surface area contributed by atoms with Gasteiger partial charge in [0.1, 0.15) is 41.2 Å². The highest BCUT2D eigenvalue weighted by Gasteiger charge is 2.43. The van der Waals surface area contributed by atoms with E-state index in [0.717, 1.165) is 49.9 Å². The molecule has 374 valence electrons. The molecule has 3 aromatic carbocycles. The molecular weight excluding hydrogens is 966 g/mol. The Bertz CT molecular complexity index is 3320. The van der Waals surface area contributed by atoms with Crippen LogP contribution in [0.2, 0.25) is 5.02 Å². The summed E-state index contributed by atoms with van der Waals surface area (Å²) in [6, 6.07) is 15.3. The summed E-state index contributed by atoms with van der Waals surface area (Å²) in [5, 5.41) is 14.0. The minimum Gasteiger partial charge on any atom is -0.491 e. The van der Waals surface area contributed by atoms with Gasteiger partial charge in [0.2, 0.25) is 0 Å². The molecule has 4 aliphatic heterocycles. The van der Waals surface area contributed by atoms with Crippen molar-refractivity contribution in [2.24, 2.45) is 0 Å². The van der Waals surface area contributed by atoms with Crippen molar-refractivity contribution < 1.29 is 29.0 Å². The topological polar surface area (TPSA) is 246 Å². The van der Waals surface area contributed by atoms with Gasteiger partial charge in [0.15, 0.2) is 0 Å². The molecule has 4 amide bonds. The molecule has 7 aromatic rings. The predicted octanol–water partition coefficient (Wildman–Crippen LogP) is 5.76. The number of aromatic nitrogens is 6. The van der Waals surface area contributed by atoms with Crippen LogP contribution in [-0.2, 0) is 0 Å². The molecule has 0 unspecified atom stereocenters. The minimum atomic E-state index is -0.847. The Morgan fingerprint density at radius 1 is 0.708 bits per heavy atom. The van der Waals surface area contributed by atoms with Gasteiger partial charge in [0.05, 0.1) is 67.1 Å². The number of benzene rings is 3. The van der Waals surface area contributed by atoms with E-state index in [1.54, 1.807) is 36.4 Å². The maximum atomic E-state index is 13.3. The second kappa shape index (κ2) is 20.2. The maximum absolute atomic E-state index is 13.3. The Labute approximate surface area is 423 Å². The van der Waals surface area contributed by atoms with Gasteiger partial charge < -0.3 is 44.9 Å². The van der Waals surface area contributed by atoms with Crippen molar-refractivity contribution in [1.29, 1.82) is 0 Å². The number of aromatic amines is 4. The lowest BCUT2D eigenvalue weighted by molar-refractivity contribution is 0.0488. The third-order valence-corrected chi connectivity index (χ3v) is 13.9. The van der Waals surface area contributed by atoms with E-state index in [1.807, 2.05) is 46.1 Å². The van der Waals surface area contributed by atoms with E-state index in [4.69, 9.17) is 16.3 Å². The zero-order valence-corrected chi connectivity index (χ0v) is 41.5. The Balaban J connectivity index is 0.000000187. The standard InChI is InChI=1S/C31H34N6O5.C20H18ClN5O3.ClH/c1-17-6-7-26(18(2)11-17)42-16-20(38)14-33-23-8-9-32-29(39)27(23)28-34-24-12-21-22(13-25(24)35-28)31(41)37(30(21)40)19-5-4-10-36(3)15-19;1-25-6-2-3-10(9-25)26-19(28)11-7-14-15(8-12(11)20(26)29)24-17(23-14)16-13(21)4-5-22-18(16)27;/h6-9,11-13,19-20,38H,4-5,10,14-16H2,1-3H3,(H,34,35)(H2,32,33,39);4-5,7-8,10H,2-3,6,9H2,1H3,(H,22,27)(H,23,24);1H/t19-,20+;10-;/m00./s1. The fraction of sp³-hybridized carbons (Fsp3) is 0.333. The van der Waals surface area contributed by atoms with Gasteiger partial charge in [0.25, 0.3) is 34.7 Å². The summed E-state index contributed by atoms with van der Waals surface area (Å²) in [6.07, 6.45) is 5.60. The second-order valence-corrected chi connectivity index (χ2v) is 19.2. The highest BCUT2D eigenvalue weighted by molar-refractivity contribution is 6.33. The number of imide groups is 2. The Morgan fingerprint density at radius 3 is 1.72 bits per heavy atom. The number of piperidine rings is 2. The van der Waals surface area contributed by atoms with Gasteiger partial charge in [-0.3, -0.25) is 38.6 Å². The number of hydrogen-bond acceptors (Lipinski definition) is 13. The van der Waals surface area contributed by atoms with Crippen molar-refractivity contribution in [3.63, 3.8) is 0 Å². The number of aliphatic hydroxyl groups excluding tert-OH is 1. The van der Waals surface area contributed by atoms with Crippen LogP contribution in [0, 0.1) is 13.8 Å². The van der Waals surface area contributed by atoms with E-state index in [2.05, 4.69) is 45.0 Å². The average molecular weight is 1020 g/mol. The zero-order valence-electron chi connectivity index (χ0n) is 39.9. The fourth-order valence-electron chi connectivity index (χ4n) is 10.1. The van der Waals surface area contributed by atoms with Crippen molar-refractivity contribution in [2.75, 3.05) is 58.7 Å². The number of fused-ring (bicyclic) bond motifs is 4. The third-order valence-electron chi connectivity index (χ3n) is 13.6. The number of ether oxygens (including phenoxy) is 1. The van der Waals surface area contributed by atoms with Gasteiger partial charge in [-0.25, -0.2) is 9.97 Å². The first-order valence-corrected chi connectivity index (χ1v) is 23.9. The summed E-state index contributed by atoms with van der Waals surface area (Å²) >= 11 is 6.16. The molecule has 0 bridgehead atoms. The summed E-state index contributed by atoms with van der Waals surface area (Å²) in [5.41, 5.74) is 5.76. The molecular formula is C51H53Cl2N11O8. The molecule has 0 aliphatic carbocycles. The summed E-state index contributed by atoms with van der Waals surface area (Å²) < 4.78 is 5.79. The zero-order chi connectivity index (χ0) is 49.8. The van der Waals surface area contributed by atoms with Gasteiger partial charge in [-0.1, -0.05) is 29.3 Å². The second-order valence-electron chi connectivity index (χ2n) is 18.8. The summed E-state index contributed by atoms with van der Waals surface area (Å²) in [7, 11) is 3.99. The van der Waals surface area contributed by atoms with Gasteiger partial charge in [-0.2, -0.15) is 0 Å². The van der Waals surface area contributed by atoms with Gasteiger partial charge in [0, 0.05) is 32.0 Å². The first kappa shape index (κ1) is 49.8. The van der Waals surface area contributed by atoms with Gasteiger partial charge in [-0.15, -0.1) is 12.4 Å². The minimum absolute atomic E-state index is 0. The van der Waals surface area contributed by atoms with Crippen LogP contribution in [0.4, 0.5) is 5.69 Å². The lowest BCUT2D eigenvalue weighted by Gasteiger charge is -2.34. The SMILES string of the molecule is CN1CCC[C@H](N2C(=O)c3cc4nc(-c5c(Cl)cc[nH]c5=O)[nH]c4cc3C2=O)C1.Cc1ccc(OC[C@H](O)CNc2cc[nH]c(=O)c2-c2nc3cc4c(cc3[nH]2)C(=O)N([C@H]2CCCN(C)C2)C4=O)c(C)c1.Cl. The smallest absolute Gasteiger partial charge is 0.261 e.